The van der Waals surface area contributed by atoms with Crippen LogP contribution in [0.2, 0.25) is 0 Å². The van der Waals surface area contributed by atoms with Gasteiger partial charge in [0.2, 0.25) is 0 Å². The molecule has 1 atom stereocenters. The highest BCUT2D eigenvalue weighted by molar-refractivity contribution is 5.98. The first-order valence-electron chi connectivity index (χ1n) is 7.54. The highest BCUT2D eigenvalue weighted by Gasteiger charge is 2.24. The molecule has 1 heterocycles. The molecule has 0 spiro atoms. The van der Waals surface area contributed by atoms with Gasteiger partial charge in [0.05, 0.1) is 25.6 Å². The van der Waals surface area contributed by atoms with Crippen LogP contribution in [-0.4, -0.2) is 37.4 Å². The van der Waals surface area contributed by atoms with Gasteiger partial charge in [-0.05, 0) is 32.9 Å². The Hall–Kier alpha value is -3.03. The third kappa shape index (κ3) is 4.09. The van der Waals surface area contributed by atoms with Gasteiger partial charge in [0.15, 0.2) is 6.10 Å². The Labute approximate surface area is 145 Å². The smallest absolute Gasteiger partial charge is 0.344 e. The molecule has 1 aromatic carbocycles. The lowest BCUT2D eigenvalue weighted by molar-refractivity contribution is -0.123. The molecule has 0 aliphatic carbocycles. The normalized spacial score (nSPS) is 11.6. The van der Waals surface area contributed by atoms with Crippen LogP contribution in [0.15, 0.2) is 22.7 Å². The Bertz CT molecular complexity index is 764. The number of benzene rings is 1. The summed E-state index contributed by atoms with van der Waals surface area (Å²) >= 11 is 0. The molecule has 0 bridgehead atoms. The number of rotatable bonds is 6. The summed E-state index contributed by atoms with van der Waals surface area (Å²) < 4.78 is 20.5. The Kier molecular flexibility index (Phi) is 5.63. The largest absolute Gasteiger partial charge is 0.497 e. The van der Waals surface area contributed by atoms with Crippen LogP contribution in [0.3, 0.4) is 0 Å². The van der Waals surface area contributed by atoms with Crippen LogP contribution in [0.4, 0.5) is 5.69 Å². The molecule has 1 unspecified atom stereocenters. The van der Waals surface area contributed by atoms with Crippen molar-refractivity contribution in [1.82, 2.24) is 5.16 Å². The molecule has 0 radical (unpaired) electrons. The summed E-state index contributed by atoms with van der Waals surface area (Å²) in [5.41, 5.74) is 1.04. The Morgan fingerprint density at radius 1 is 1.20 bits per heavy atom. The van der Waals surface area contributed by atoms with Crippen molar-refractivity contribution in [1.29, 1.82) is 0 Å². The van der Waals surface area contributed by atoms with Gasteiger partial charge in [-0.15, -0.1) is 0 Å². The summed E-state index contributed by atoms with van der Waals surface area (Å²) in [4.78, 5) is 24.5. The van der Waals surface area contributed by atoms with Gasteiger partial charge in [-0.1, -0.05) is 5.16 Å². The fourth-order valence-electron chi connectivity index (χ4n) is 2.19. The molecule has 25 heavy (non-hydrogen) atoms. The number of nitrogens with one attached hydrogen (secondary N) is 1. The highest BCUT2D eigenvalue weighted by Crippen LogP contribution is 2.29. The first-order valence-corrected chi connectivity index (χ1v) is 7.54. The lowest BCUT2D eigenvalue weighted by Crippen LogP contribution is -2.30. The molecule has 0 fully saturated rings. The van der Waals surface area contributed by atoms with Crippen LogP contribution in [0.1, 0.15) is 28.7 Å². The van der Waals surface area contributed by atoms with Gasteiger partial charge in [0, 0.05) is 6.07 Å². The van der Waals surface area contributed by atoms with Crippen molar-refractivity contribution < 1.29 is 28.3 Å². The van der Waals surface area contributed by atoms with E-state index >= 15 is 0 Å². The van der Waals surface area contributed by atoms with E-state index < -0.39 is 18.0 Å². The van der Waals surface area contributed by atoms with E-state index in [0.29, 0.717) is 28.6 Å². The van der Waals surface area contributed by atoms with E-state index in [4.69, 9.17) is 18.7 Å². The molecule has 1 aromatic heterocycles. The molecule has 2 rings (SSSR count). The maximum absolute atomic E-state index is 12.3. The second-order valence-electron chi connectivity index (χ2n) is 5.30. The van der Waals surface area contributed by atoms with Crippen molar-refractivity contribution in [2.45, 2.75) is 26.9 Å². The Balaban J connectivity index is 2.09. The molecule has 0 aliphatic heterocycles. The van der Waals surface area contributed by atoms with Crippen molar-refractivity contribution in [3.05, 3.63) is 35.2 Å². The third-order valence-electron chi connectivity index (χ3n) is 3.56. The van der Waals surface area contributed by atoms with E-state index in [2.05, 4.69) is 10.5 Å². The summed E-state index contributed by atoms with van der Waals surface area (Å²) in [7, 11) is 3.00. The van der Waals surface area contributed by atoms with Crippen LogP contribution in [0, 0.1) is 13.8 Å². The van der Waals surface area contributed by atoms with Crippen LogP contribution in [-0.2, 0) is 9.53 Å². The second kappa shape index (κ2) is 7.69. The van der Waals surface area contributed by atoms with E-state index in [-0.39, 0.29) is 5.56 Å². The number of amides is 1. The number of anilines is 1. The zero-order chi connectivity index (χ0) is 18.6. The summed E-state index contributed by atoms with van der Waals surface area (Å²) in [5.74, 6) is 0.169. The van der Waals surface area contributed by atoms with Gasteiger partial charge in [-0.2, -0.15) is 0 Å². The number of hydrogen-bond donors (Lipinski definition) is 1. The predicted molar refractivity (Wildman–Crippen MR) is 89.0 cm³/mol. The number of methoxy groups -OCH3 is 2. The number of aromatic nitrogens is 1. The SMILES string of the molecule is COc1ccc(OC)c(NC(=O)C(C)OC(=O)c2c(C)noc2C)c1. The molecule has 2 aromatic rings. The van der Waals surface area contributed by atoms with E-state index in [9.17, 15) is 9.59 Å². The molecular formula is C17H20N2O6. The first kappa shape index (κ1) is 18.3. The van der Waals surface area contributed by atoms with Gasteiger partial charge in [-0.25, -0.2) is 4.79 Å². The van der Waals surface area contributed by atoms with Gasteiger partial charge >= 0.3 is 5.97 Å². The van der Waals surface area contributed by atoms with Crippen molar-refractivity contribution in [3.63, 3.8) is 0 Å². The third-order valence-corrected chi connectivity index (χ3v) is 3.56. The molecule has 8 nitrogen and oxygen atoms in total. The van der Waals surface area contributed by atoms with E-state index in [1.54, 1.807) is 32.0 Å². The van der Waals surface area contributed by atoms with E-state index in [0.717, 1.165) is 0 Å². The number of aryl methyl sites for hydroxylation is 2. The van der Waals surface area contributed by atoms with Crippen LogP contribution >= 0.6 is 0 Å². The number of hydrogen-bond acceptors (Lipinski definition) is 7. The van der Waals surface area contributed by atoms with Gasteiger partial charge in [-0.3, -0.25) is 4.79 Å². The Morgan fingerprint density at radius 3 is 2.48 bits per heavy atom. The molecule has 0 saturated heterocycles. The molecule has 134 valence electrons. The van der Waals surface area contributed by atoms with Crippen molar-refractivity contribution in [2.24, 2.45) is 0 Å². The fraction of sp³-hybridized carbons (Fsp3) is 0.353. The number of esters is 1. The number of carbonyl (C=O) groups is 2. The quantitative estimate of drug-likeness (QED) is 0.801. The average molecular weight is 348 g/mol. The number of nitrogens with zero attached hydrogens (tertiary/aromatic N) is 1. The van der Waals surface area contributed by atoms with E-state index in [1.165, 1.54) is 21.1 Å². The monoisotopic (exact) mass is 348 g/mol. The maximum atomic E-state index is 12.3. The lowest BCUT2D eigenvalue weighted by atomic mass is 10.2. The van der Waals surface area contributed by atoms with Crippen LogP contribution in [0.5, 0.6) is 11.5 Å². The van der Waals surface area contributed by atoms with Crippen LogP contribution in [0.25, 0.3) is 0 Å². The minimum Gasteiger partial charge on any atom is -0.497 e. The van der Waals surface area contributed by atoms with Crippen LogP contribution < -0.4 is 14.8 Å². The average Bonchev–Trinajstić information content (AvgIpc) is 2.93. The van der Waals surface area contributed by atoms with Gasteiger partial charge in [0.25, 0.3) is 5.91 Å². The molecule has 0 aliphatic rings. The zero-order valence-corrected chi connectivity index (χ0v) is 14.7. The number of ether oxygens (including phenoxy) is 3. The molecule has 1 N–H and O–H groups in total. The predicted octanol–water partition coefficient (Wildman–Crippen LogP) is 2.49. The fourth-order valence-corrected chi connectivity index (χ4v) is 2.19. The maximum Gasteiger partial charge on any atom is 0.344 e. The lowest BCUT2D eigenvalue weighted by Gasteiger charge is -2.15. The summed E-state index contributed by atoms with van der Waals surface area (Å²) in [5, 5.41) is 6.35. The Morgan fingerprint density at radius 2 is 1.92 bits per heavy atom. The molecule has 8 heteroatoms. The second-order valence-corrected chi connectivity index (χ2v) is 5.30. The summed E-state index contributed by atoms with van der Waals surface area (Å²) in [6.07, 6.45) is -1.03. The molecule has 0 saturated carbocycles. The number of carbonyl (C=O) groups excluding carboxylic acids is 2. The van der Waals surface area contributed by atoms with E-state index in [1.807, 2.05) is 0 Å². The minimum atomic E-state index is -1.03. The van der Waals surface area contributed by atoms with Crippen molar-refractivity contribution >= 4 is 17.6 Å². The zero-order valence-electron chi connectivity index (χ0n) is 14.7. The minimum absolute atomic E-state index is 0.221. The van der Waals surface area contributed by atoms with Gasteiger partial charge in [0.1, 0.15) is 22.8 Å². The summed E-state index contributed by atoms with van der Waals surface area (Å²) in [6, 6.07) is 4.98. The molecule has 1 amide bonds. The van der Waals surface area contributed by atoms with Crippen molar-refractivity contribution in [3.8, 4) is 11.5 Å². The summed E-state index contributed by atoms with van der Waals surface area (Å²) in [6.45, 7) is 4.69. The van der Waals surface area contributed by atoms with Gasteiger partial charge < -0.3 is 24.1 Å². The van der Waals surface area contributed by atoms with Crippen molar-refractivity contribution in [2.75, 3.05) is 19.5 Å². The molecular weight excluding hydrogens is 328 g/mol. The highest BCUT2D eigenvalue weighted by atomic mass is 16.5. The topological polar surface area (TPSA) is 99.9 Å². The standard InChI is InChI=1S/C17H20N2O6/c1-9-15(10(2)25-19-9)17(21)24-11(3)16(20)18-13-8-12(22-4)6-7-14(13)23-5/h6-8,11H,1-5H3,(H,18,20). The first-order chi connectivity index (χ1) is 11.9.